The number of aromatic nitrogens is 15. The number of benzene rings is 6. The van der Waals surface area contributed by atoms with Crippen molar-refractivity contribution in [3.8, 4) is 0 Å². The van der Waals surface area contributed by atoms with Gasteiger partial charge in [0.1, 0.15) is 86.7 Å². The molecule has 0 amide bonds. The molecule has 0 fully saturated rings. The van der Waals surface area contributed by atoms with Gasteiger partial charge in [-0.15, -0.1) is 0 Å². The van der Waals surface area contributed by atoms with E-state index in [1.165, 1.54) is 16.2 Å². The van der Waals surface area contributed by atoms with E-state index in [9.17, 15) is 0 Å². The average Bonchev–Trinajstić information content (AvgIpc) is 3.55. The molecule has 0 spiro atoms. The van der Waals surface area contributed by atoms with Crippen LogP contribution in [0.25, 0.3) is 100 Å². The lowest BCUT2D eigenvalue weighted by atomic mass is 10.1. The summed E-state index contributed by atoms with van der Waals surface area (Å²) in [5.41, 5.74) is 11.2. The van der Waals surface area contributed by atoms with E-state index in [0.29, 0.717) is 87.4 Å². The highest BCUT2D eigenvalue weighted by Gasteiger charge is 2.10. The molecule has 15 nitrogen and oxygen atoms in total. The van der Waals surface area contributed by atoms with E-state index >= 15 is 0 Å². The summed E-state index contributed by atoms with van der Waals surface area (Å²) in [4.78, 5) is 45.3. The van der Waals surface area contributed by atoms with Crippen LogP contribution < -0.4 is 0 Å². The standard InChI is InChI=1S/C63H51N15/c1-73-52-19-10-22-55(70-52)76(37-43-25-28-46-13-4-7-16-49(46)31-43)62-35-59(65-41-68-62)75(3)54-21-12-24-57(72-54)78(39-45-27-30-48-15-6-9-18-51(48)33-45)63-36-60(66-42-69-63)74(2)53-20-11-23-56(71-53)77(61-34-58(73)64-40-67-61)38-44-26-29-47-14-5-8-17-50(47)32-44/h4-36,40-42H,37-39H2,1-3H3. The summed E-state index contributed by atoms with van der Waals surface area (Å²) in [5, 5.41) is 6.94. The van der Waals surface area contributed by atoms with Gasteiger partial charge in [0.15, 0.2) is 0 Å². The van der Waals surface area contributed by atoms with E-state index in [2.05, 4.69) is 141 Å². The minimum atomic E-state index is 0.464. The molecule has 0 saturated heterocycles. The predicted octanol–water partition coefficient (Wildman–Crippen LogP) is 12.2. The van der Waals surface area contributed by atoms with E-state index in [0.717, 1.165) is 32.8 Å². The molecule has 0 N–H and O–H groups in total. The van der Waals surface area contributed by atoms with E-state index in [-0.39, 0.29) is 0 Å². The zero-order chi connectivity index (χ0) is 52.5. The van der Waals surface area contributed by atoms with Crippen molar-refractivity contribution in [3.05, 3.63) is 236 Å². The fourth-order valence-corrected chi connectivity index (χ4v) is 10.0. The Morgan fingerprint density at radius 2 is 0.513 bits per heavy atom. The molecule has 15 heteroatoms. The van der Waals surface area contributed by atoms with Crippen molar-refractivity contribution < 1.29 is 0 Å². The van der Waals surface area contributed by atoms with Crippen LogP contribution in [-0.4, -0.2) is 72.3 Å². The van der Waals surface area contributed by atoms with Crippen LogP contribution >= 0.6 is 0 Å². The maximum Gasteiger partial charge on any atom is 0.139 e. The number of rotatable bonds is 6. The Balaban J connectivity index is 1.12. The van der Waals surface area contributed by atoms with Crippen molar-refractivity contribution in [3.63, 3.8) is 0 Å². The molecule has 0 aliphatic carbocycles. The van der Waals surface area contributed by atoms with Gasteiger partial charge in [-0.25, -0.2) is 44.9 Å². The van der Waals surface area contributed by atoms with Crippen LogP contribution in [0.5, 0.6) is 0 Å². The molecule has 13 aromatic rings. The normalized spacial score (nSPS) is 11.4. The Morgan fingerprint density at radius 1 is 0.244 bits per heavy atom. The monoisotopic (exact) mass is 1020 g/mol. The predicted molar refractivity (Wildman–Crippen MR) is 311 cm³/mol. The van der Waals surface area contributed by atoms with Crippen molar-refractivity contribution in [2.24, 2.45) is 21.1 Å². The highest BCUT2D eigenvalue weighted by Crippen LogP contribution is 2.23. The first-order valence-corrected chi connectivity index (χ1v) is 25.7. The van der Waals surface area contributed by atoms with Gasteiger partial charge in [0, 0.05) is 39.3 Å². The first kappa shape index (κ1) is 47.3. The molecule has 7 heterocycles. The van der Waals surface area contributed by atoms with Crippen LogP contribution in [0.3, 0.4) is 0 Å². The molecule has 12 bridgehead atoms. The van der Waals surface area contributed by atoms with E-state index in [4.69, 9.17) is 44.9 Å². The zero-order valence-corrected chi connectivity index (χ0v) is 43.1. The SMILES string of the molecule is Cn1c2cc(ncn2)n(Cc2ccc3ccccc3c2)c2cccc(n2)n(C)c2cc(ncn2)n(Cc2ccc3ccccc3c2)c2cccc(n2)n(C)c2cc(ncn2)n(Cc2ccc3ccccc3c2)c2cccc1n2. The minimum Gasteiger partial charge on any atom is -0.314 e. The van der Waals surface area contributed by atoms with Gasteiger partial charge in [0.2, 0.25) is 0 Å². The molecule has 0 aliphatic heterocycles. The Hall–Kier alpha value is -10.4. The number of pyridine rings is 3. The van der Waals surface area contributed by atoms with Crippen LogP contribution in [0.1, 0.15) is 16.7 Å². The molecular formula is C63H51N15. The van der Waals surface area contributed by atoms with Gasteiger partial charge < -0.3 is 27.4 Å². The van der Waals surface area contributed by atoms with Gasteiger partial charge in [0.05, 0.1) is 19.6 Å². The van der Waals surface area contributed by atoms with E-state index in [1.807, 2.05) is 108 Å². The number of fused-ring (bicyclic) bond motifs is 15. The fraction of sp³-hybridized carbons (Fsp3) is 0.0952. The third-order valence-corrected chi connectivity index (χ3v) is 14.3. The van der Waals surface area contributed by atoms with Crippen LogP contribution in [-0.2, 0) is 40.8 Å². The quantitative estimate of drug-likeness (QED) is 0.159. The van der Waals surface area contributed by atoms with Gasteiger partial charge in [-0.05, 0) is 104 Å². The second kappa shape index (κ2) is 20.4. The van der Waals surface area contributed by atoms with Gasteiger partial charge in [-0.2, -0.15) is 0 Å². The molecule has 0 saturated carbocycles. The molecule has 0 radical (unpaired) electrons. The van der Waals surface area contributed by atoms with Gasteiger partial charge in [-0.3, -0.25) is 0 Å². The Bertz CT molecular complexity index is 4150. The largest absolute Gasteiger partial charge is 0.314 e. The molecule has 78 heavy (non-hydrogen) atoms. The number of nitrogens with zero attached hydrogens (tertiary/aromatic N) is 15. The van der Waals surface area contributed by atoms with E-state index in [1.54, 1.807) is 19.0 Å². The Labute approximate surface area is 447 Å². The average molecular weight is 1020 g/mol. The van der Waals surface area contributed by atoms with Crippen molar-refractivity contribution in [2.75, 3.05) is 0 Å². The van der Waals surface area contributed by atoms with Crippen molar-refractivity contribution in [1.82, 2.24) is 72.3 Å². The Kier molecular flexibility index (Phi) is 12.4. The van der Waals surface area contributed by atoms with E-state index < -0.39 is 0 Å². The molecule has 0 aliphatic rings. The summed E-state index contributed by atoms with van der Waals surface area (Å²) in [7, 11) is 5.90. The number of aryl methyl sites for hydroxylation is 3. The van der Waals surface area contributed by atoms with Gasteiger partial charge in [0.25, 0.3) is 0 Å². The lowest BCUT2D eigenvalue weighted by Crippen LogP contribution is -2.08. The van der Waals surface area contributed by atoms with Gasteiger partial charge >= 0.3 is 0 Å². The summed E-state index contributed by atoms with van der Waals surface area (Å²) in [5.74, 6) is 0. The smallest absolute Gasteiger partial charge is 0.139 e. The summed E-state index contributed by atoms with van der Waals surface area (Å²) < 4.78 is 12.3. The number of hydrogen-bond acceptors (Lipinski definition) is 9. The molecule has 0 atom stereocenters. The summed E-state index contributed by atoms with van der Waals surface area (Å²) in [6.07, 6.45) is 4.79. The fourth-order valence-electron chi connectivity index (χ4n) is 10.0. The molecular weight excluding hydrogens is 967 g/mol. The van der Waals surface area contributed by atoms with Crippen LogP contribution in [0.15, 0.2) is 219 Å². The summed E-state index contributed by atoms with van der Waals surface area (Å²) in [6.45, 7) is 1.39. The van der Waals surface area contributed by atoms with Crippen molar-refractivity contribution in [2.45, 2.75) is 19.6 Å². The highest BCUT2D eigenvalue weighted by molar-refractivity contribution is 5.85. The van der Waals surface area contributed by atoms with Crippen molar-refractivity contribution in [1.29, 1.82) is 0 Å². The maximum atomic E-state index is 5.34. The maximum absolute atomic E-state index is 5.34. The molecule has 378 valence electrons. The summed E-state index contributed by atoms with van der Waals surface area (Å²) >= 11 is 0. The lowest BCUT2D eigenvalue weighted by Gasteiger charge is -2.13. The van der Waals surface area contributed by atoms with Gasteiger partial charge in [-0.1, -0.05) is 127 Å². The van der Waals surface area contributed by atoms with Crippen LogP contribution in [0.4, 0.5) is 0 Å². The second-order valence-electron chi connectivity index (χ2n) is 19.2. The first-order chi connectivity index (χ1) is 38.3. The lowest BCUT2D eigenvalue weighted by molar-refractivity contribution is 0.821. The topological polar surface area (TPSA) is 146 Å². The van der Waals surface area contributed by atoms with Crippen LogP contribution in [0, 0.1) is 0 Å². The molecule has 6 aromatic carbocycles. The first-order valence-electron chi connectivity index (χ1n) is 25.7. The second-order valence-corrected chi connectivity index (χ2v) is 19.2. The number of hydrogen-bond donors (Lipinski definition) is 0. The highest BCUT2D eigenvalue weighted by atomic mass is 15.2. The molecule has 7 aromatic heterocycles. The van der Waals surface area contributed by atoms with Crippen molar-refractivity contribution >= 4 is 100 Å². The third kappa shape index (κ3) is 9.51. The molecule has 13 rings (SSSR count). The third-order valence-electron chi connectivity index (χ3n) is 14.3. The summed E-state index contributed by atoms with van der Waals surface area (Å²) in [6, 6.07) is 68.8. The zero-order valence-electron chi connectivity index (χ0n) is 43.1. The minimum absolute atomic E-state index is 0.464. The molecule has 0 unspecified atom stereocenters. The van der Waals surface area contributed by atoms with Crippen LogP contribution in [0.2, 0.25) is 0 Å². The Morgan fingerprint density at radius 3 is 0.821 bits per heavy atom.